The van der Waals surface area contributed by atoms with Gasteiger partial charge < -0.3 is 23.4 Å². The summed E-state index contributed by atoms with van der Waals surface area (Å²) in [5, 5.41) is 0.322. The number of aromatic nitrogens is 1. The van der Waals surface area contributed by atoms with Gasteiger partial charge in [0.2, 0.25) is 5.43 Å². The standard InChI is InChI=1S/C39H47F2N4O4/c1-3-43(32-24-29(40)23-30(41)25-32)39(47)36-28-44(31-11-10-12-33(26-31)48-4-2)37-27-34(13-14-35(37)38(36)46)49-22-9-7-5-6-8-18-45-19-15-42(16-20-45)17-21-45/h10-14,23-28H,3-9,15-22H2,1-2H3/q+1. The molecule has 0 radical (unpaired) electrons. The topological polar surface area (TPSA) is 64.0 Å². The highest BCUT2D eigenvalue weighted by Gasteiger charge is 2.37. The molecule has 49 heavy (non-hydrogen) atoms. The molecule has 0 spiro atoms. The Labute approximate surface area is 287 Å². The number of amides is 1. The van der Waals surface area contributed by atoms with Crippen LogP contribution in [0.15, 0.2) is 71.7 Å². The van der Waals surface area contributed by atoms with Crippen LogP contribution in [0.25, 0.3) is 16.6 Å². The van der Waals surface area contributed by atoms with E-state index in [9.17, 15) is 18.4 Å². The maximum absolute atomic E-state index is 14.1. The molecule has 3 aliphatic heterocycles. The number of rotatable bonds is 15. The van der Waals surface area contributed by atoms with E-state index in [1.54, 1.807) is 23.6 Å². The van der Waals surface area contributed by atoms with Crippen molar-refractivity contribution >= 4 is 22.5 Å². The van der Waals surface area contributed by atoms with Crippen LogP contribution in [0.2, 0.25) is 0 Å². The molecule has 260 valence electrons. The number of hydrogen-bond acceptors (Lipinski definition) is 5. The van der Waals surface area contributed by atoms with Gasteiger partial charge in [-0.1, -0.05) is 18.9 Å². The van der Waals surface area contributed by atoms with Crippen molar-refractivity contribution < 1.29 is 27.5 Å². The van der Waals surface area contributed by atoms with E-state index in [1.807, 2.05) is 37.3 Å². The van der Waals surface area contributed by atoms with Crippen molar-refractivity contribution in [3.8, 4) is 17.2 Å². The minimum absolute atomic E-state index is 0.0338. The van der Waals surface area contributed by atoms with Crippen molar-refractivity contribution in [3.05, 3.63) is 94.3 Å². The Morgan fingerprint density at radius 2 is 1.53 bits per heavy atom. The summed E-state index contributed by atoms with van der Waals surface area (Å²) >= 11 is 0. The van der Waals surface area contributed by atoms with Gasteiger partial charge in [0.1, 0.15) is 28.7 Å². The molecule has 8 nitrogen and oxygen atoms in total. The first kappa shape index (κ1) is 34.6. The van der Waals surface area contributed by atoms with Gasteiger partial charge in [-0.3, -0.25) is 14.5 Å². The second-order valence-electron chi connectivity index (χ2n) is 13.2. The van der Waals surface area contributed by atoms with Crippen LogP contribution in [-0.2, 0) is 0 Å². The van der Waals surface area contributed by atoms with E-state index in [0.717, 1.165) is 31.0 Å². The van der Waals surface area contributed by atoms with Gasteiger partial charge in [0.05, 0.1) is 44.9 Å². The summed E-state index contributed by atoms with van der Waals surface area (Å²) < 4.78 is 43.2. The van der Waals surface area contributed by atoms with Crippen LogP contribution < -0.4 is 19.8 Å². The Balaban J connectivity index is 1.18. The Hall–Kier alpha value is -4.28. The lowest BCUT2D eigenvalue weighted by atomic mass is 10.1. The molecule has 3 aliphatic rings. The first-order chi connectivity index (χ1) is 23.8. The smallest absolute Gasteiger partial charge is 0.263 e. The fourth-order valence-corrected chi connectivity index (χ4v) is 7.27. The number of anilines is 1. The summed E-state index contributed by atoms with van der Waals surface area (Å²) in [7, 11) is 0. The molecule has 4 heterocycles. The van der Waals surface area contributed by atoms with E-state index in [4.69, 9.17) is 9.47 Å². The number of hydrogen-bond donors (Lipinski definition) is 0. The van der Waals surface area contributed by atoms with Gasteiger partial charge in [0, 0.05) is 67.3 Å². The monoisotopic (exact) mass is 673 g/mol. The highest BCUT2D eigenvalue weighted by molar-refractivity contribution is 6.07. The molecule has 10 heteroatoms. The Kier molecular flexibility index (Phi) is 10.9. The van der Waals surface area contributed by atoms with Gasteiger partial charge in [0.15, 0.2) is 0 Å². The minimum Gasteiger partial charge on any atom is -0.494 e. The van der Waals surface area contributed by atoms with Crippen molar-refractivity contribution in [2.75, 3.05) is 70.5 Å². The average molecular weight is 674 g/mol. The summed E-state index contributed by atoms with van der Waals surface area (Å²) in [6.07, 6.45) is 7.26. The maximum Gasteiger partial charge on any atom is 0.263 e. The summed E-state index contributed by atoms with van der Waals surface area (Å²) in [4.78, 5) is 31.5. The van der Waals surface area contributed by atoms with E-state index in [-0.39, 0.29) is 17.8 Å². The van der Waals surface area contributed by atoms with Gasteiger partial charge >= 0.3 is 0 Å². The number of pyridine rings is 1. The highest BCUT2D eigenvalue weighted by Crippen LogP contribution is 2.27. The molecule has 4 aromatic rings. The number of carbonyl (C=O) groups is 1. The number of piperazine rings is 3. The Morgan fingerprint density at radius 1 is 0.837 bits per heavy atom. The van der Waals surface area contributed by atoms with Crippen LogP contribution in [0.1, 0.15) is 56.3 Å². The molecule has 0 unspecified atom stereocenters. The van der Waals surface area contributed by atoms with E-state index in [0.29, 0.717) is 41.3 Å². The quantitative estimate of drug-likeness (QED) is 0.103. The molecule has 3 saturated heterocycles. The van der Waals surface area contributed by atoms with Crippen LogP contribution in [0, 0.1) is 11.6 Å². The number of halogens is 2. The molecule has 2 bridgehead atoms. The van der Waals surface area contributed by atoms with Crippen LogP contribution >= 0.6 is 0 Å². The highest BCUT2D eigenvalue weighted by atomic mass is 19.1. The number of nitrogens with zero attached hydrogens (tertiary/aromatic N) is 4. The van der Waals surface area contributed by atoms with Crippen molar-refractivity contribution in [3.63, 3.8) is 0 Å². The first-order valence-electron chi connectivity index (χ1n) is 17.7. The fourth-order valence-electron chi connectivity index (χ4n) is 7.27. The zero-order valence-electron chi connectivity index (χ0n) is 28.6. The van der Waals surface area contributed by atoms with E-state index in [1.165, 1.54) is 80.7 Å². The SMILES string of the molecule is CCOc1cccc(-n2cc(C(=O)N(CC)c3cc(F)cc(F)c3)c(=O)c3ccc(OCCCCCCC[N+]45CCN(CC4)CC5)cc32)c1. The summed E-state index contributed by atoms with van der Waals surface area (Å²) in [6, 6.07) is 15.6. The molecule has 0 N–H and O–H groups in total. The molecule has 0 aliphatic carbocycles. The van der Waals surface area contributed by atoms with Gasteiger partial charge in [-0.25, -0.2) is 8.78 Å². The lowest BCUT2D eigenvalue weighted by Crippen LogP contribution is -2.67. The van der Waals surface area contributed by atoms with Crippen molar-refractivity contribution in [2.45, 2.75) is 46.0 Å². The van der Waals surface area contributed by atoms with Crippen LogP contribution in [0.4, 0.5) is 14.5 Å². The largest absolute Gasteiger partial charge is 0.494 e. The van der Waals surface area contributed by atoms with Gasteiger partial charge in [-0.2, -0.15) is 0 Å². The number of ether oxygens (including phenoxy) is 2. The minimum atomic E-state index is -0.809. The van der Waals surface area contributed by atoms with E-state index < -0.39 is 23.0 Å². The van der Waals surface area contributed by atoms with Gasteiger partial charge in [-0.05, 0) is 69.5 Å². The summed E-state index contributed by atoms with van der Waals surface area (Å²) in [5.74, 6) is -1.00. The molecular formula is C39H47F2N4O4+. The zero-order valence-corrected chi connectivity index (χ0v) is 28.6. The third-order valence-electron chi connectivity index (χ3n) is 10.1. The number of fused-ring (bicyclic) bond motifs is 4. The average Bonchev–Trinajstić information content (AvgIpc) is 3.10. The normalized spacial score (nSPS) is 18.5. The predicted molar refractivity (Wildman–Crippen MR) is 189 cm³/mol. The van der Waals surface area contributed by atoms with Crippen molar-refractivity contribution in [2.24, 2.45) is 0 Å². The zero-order chi connectivity index (χ0) is 34.4. The molecule has 7 rings (SSSR count). The Morgan fingerprint density at radius 3 is 2.24 bits per heavy atom. The maximum atomic E-state index is 14.1. The molecule has 3 fully saturated rings. The second kappa shape index (κ2) is 15.5. The number of carbonyl (C=O) groups excluding carboxylic acids is 1. The van der Waals surface area contributed by atoms with Crippen LogP contribution in [0.3, 0.4) is 0 Å². The summed E-state index contributed by atoms with van der Waals surface area (Å²) in [5.41, 5.74) is 0.682. The molecule has 1 aromatic heterocycles. The third kappa shape index (κ3) is 7.97. The van der Waals surface area contributed by atoms with Crippen LogP contribution in [0.5, 0.6) is 11.5 Å². The number of quaternary nitrogens is 1. The molecule has 1 amide bonds. The number of unbranched alkanes of at least 4 members (excludes halogenated alkanes) is 4. The second-order valence-corrected chi connectivity index (χ2v) is 13.2. The first-order valence-corrected chi connectivity index (χ1v) is 17.7. The van der Waals surface area contributed by atoms with Gasteiger partial charge in [-0.15, -0.1) is 0 Å². The molecule has 0 saturated carbocycles. The fraction of sp³-hybridized carbons (Fsp3) is 0.436. The van der Waals surface area contributed by atoms with Gasteiger partial charge in [0.25, 0.3) is 5.91 Å². The Bertz CT molecular complexity index is 1800. The molecule has 0 atom stereocenters. The third-order valence-corrected chi connectivity index (χ3v) is 10.1. The molecular weight excluding hydrogens is 626 g/mol. The van der Waals surface area contributed by atoms with E-state index in [2.05, 4.69) is 4.90 Å². The lowest BCUT2D eigenvalue weighted by Gasteiger charge is -2.50. The predicted octanol–water partition coefficient (Wildman–Crippen LogP) is 6.81. The molecule has 3 aromatic carbocycles. The van der Waals surface area contributed by atoms with E-state index >= 15 is 0 Å². The summed E-state index contributed by atoms with van der Waals surface area (Å²) in [6.45, 7) is 13.8. The van der Waals surface area contributed by atoms with Crippen molar-refractivity contribution in [1.29, 1.82) is 0 Å². The van der Waals surface area contributed by atoms with Crippen molar-refractivity contribution in [1.82, 2.24) is 9.47 Å². The number of benzene rings is 3. The lowest BCUT2D eigenvalue weighted by molar-refractivity contribution is -0.941. The van der Waals surface area contributed by atoms with Crippen LogP contribution in [-0.4, -0.2) is 85.4 Å².